The van der Waals surface area contributed by atoms with Crippen LogP contribution < -0.4 is 15.7 Å². The van der Waals surface area contributed by atoms with E-state index in [0.717, 1.165) is 10.4 Å². The Balaban J connectivity index is 2.07. The molecule has 3 unspecified atom stereocenters. The Morgan fingerprint density at radius 1 is 1.03 bits per heavy atom. The van der Waals surface area contributed by atoms with Crippen LogP contribution >= 0.6 is 0 Å². The van der Waals surface area contributed by atoms with Crippen molar-refractivity contribution in [3.8, 4) is 0 Å². The average molecular weight is 501 g/mol. The van der Waals surface area contributed by atoms with Gasteiger partial charge in [-0.05, 0) is 22.3 Å². The molecule has 0 radical (unpaired) electrons. The highest BCUT2D eigenvalue weighted by molar-refractivity contribution is 6.99. The normalized spacial score (nSPS) is 20.5. The Bertz CT molecular complexity index is 1000. The highest BCUT2D eigenvalue weighted by Gasteiger charge is 2.55. The molecule has 0 aliphatic carbocycles. The second kappa shape index (κ2) is 10.6. The Morgan fingerprint density at radius 2 is 1.54 bits per heavy atom. The molecule has 0 saturated carbocycles. The molecular formula is C25H32N2O7Si. The predicted octanol–water partition coefficient (Wildman–Crippen LogP) is 1.93. The van der Waals surface area contributed by atoms with E-state index < -0.39 is 49.6 Å². The summed E-state index contributed by atoms with van der Waals surface area (Å²) in [5, 5.41) is 24.3. The van der Waals surface area contributed by atoms with Gasteiger partial charge in [0.05, 0.1) is 25.3 Å². The van der Waals surface area contributed by atoms with Gasteiger partial charge in [0.25, 0.3) is 14.2 Å². The van der Waals surface area contributed by atoms with Gasteiger partial charge in [-0.15, -0.1) is 0 Å². The lowest BCUT2D eigenvalue weighted by Gasteiger charge is -2.44. The average Bonchev–Trinajstić information content (AvgIpc) is 3.04. The lowest BCUT2D eigenvalue weighted by Crippen LogP contribution is -2.68. The summed E-state index contributed by atoms with van der Waals surface area (Å²) >= 11 is 0. The highest BCUT2D eigenvalue weighted by atomic mass is 28.4. The van der Waals surface area contributed by atoms with E-state index in [2.05, 4.69) is 26.1 Å². The van der Waals surface area contributed by atoms with Crippen molar-refractivity contribution in [1.29, 1.82) is 0 Å². The van der Waals surface area contributed by atoms with Gasteiger partial charge >= 0.3 is 12.2 Å². The Kier molecular flexibility index (Phi) is 7.99. The van der Waals surface area contributed by atoms with E-state index in [1.54, 1.807) is 6.92 Å². The molecule has 1 fully saturated rings. The van der Waals surface area contributed by atoms with E-state index in [4.69, 9.17) is 9.16 Å². The van der Waals surface area contributed by atoms with Crippen LogP contribution in [0.2, 0.25) is 5.04 Å². The summed E-state index contributed by atoms with van der Waals surface area (Å²) in [6.07, 6.45) is -4.13. The molecule has 10 heteroatoms. The SMILES string of the molecule is CCOC(=O)NC1C(O)C(=O)N(C(=O)O)C1CO[Si](c1ccccc1)(c1ccccc1)C(C)(C)C. The van der Waals surface area contributed by atoms with Crippen molar-refractivity contribution in [1.82, 2.24) is 10.2 Å². The highest BCUT2D eigenvalue weighted by Crippen LogP contribution is 2.37. The van der Waals surface area contributed by atoms with Gasteiger partial charge < -0.3 is 24.7 Å². The second-order valence-electron chi connectivity index (χ2n) is 9.37. The van der Waals surface area contributed by atoms with E-state index in [1.807, 2.05) is 60.7 Å². The van der Waals surface area contributed by atoms with Crippen LogP contribution in [0.15, 0.2) is 60.7 Å². The maximum Gasteiger partial charge on any atom is 0.414 e. The first kappa shape index (κ1) is 26.4. The third kappa shape index (κ3) is 5.09. The summed E-state index contributed by atoms with van der Waals surface area (Å²) in [6.45, 7) is 7.67. The number of imide groups is 1. The van der Waals surface area contributed by atoms with E-state index in [-0.39, 0.29) is 13.2 Å². The fourth-order valence-electron chi connectivity index (χ4n) is 4.70. The quantitative estimate of drug-likeness (QED) is 0.496. The summed E-state index contributed by atoms with van der Waals surface area (Å²) < 4.78 is 11.7. The topological polar surface area (TPSA) is 125 Å². The van der Waals surface area contributed by atoms with Gasteiger partial charge in [-0.1, -0.05) is 81.4 Å². The molecule has 1 saturated heterocycles. The number of nitrogens with zero attached hydrogens (tertiary/aromatic N) is 1. The molecule has 1 aliphatic heterocycles. The largest absolute Gasteiger partial charge is 0.465 e. The molecule has 0 bridgehead atoms. The fourth-order valence-corrected chi connectivity index (χ4v) is 9.28. The zero-order chi connectivity index (χ0) is 25.8. The van der Waals surface area contributed by atoms with Gasteiger partial charge in [0, 0.05) is 0 Å². The van der Waals surface area contributed by atoms with Crippen LogP contribution in [0.3, 0.4) is 0 Å². The number of amides is 3. The molecule has 2 aromatic rings. The fraction of sp³-hybridized carbons (Fsp3) is 0.400. The third-order valence-electron chi connectivity index (χ3n) is 6.23. The van der Waals surface area contributed by atoms with Crippen molar-refractivity contribution in [3.05, 3.63) is 60.7 Å². The van der Waals surface area contributed by atoms with Crippen LogP contribution in [0.1, 0.15) is 27.7 Å². The zero-order valence-electron chi connectivity index (χ0n) is 20.3. The second-order valence-corrected chi connectivity index (χ2v) is 13.7. The minimum atomic E-state index is -3.07. The minimum Gasteiger partial charge on any atom is -0.465 e. The minimum absolute atomic E-state index is 0.0778. The molecule has 1 aliphatic rings. The summed E-state index contributed by atoms with van der Waals surface area (Å²) in [5.74, 6) is -1.02. The van der Waals surface area contributed by atoms with Gasteiger partial charge in [0.2, 0.25) is 0 Å². The van der Waals surface area contributed by atoms with Gasteiger partial charge in [0.15, 0.2) is 6.10 Å². The van der Waals surface area contributed by atoms with Crippen molar-refractivity contribution in [2.45, 2.75) is 50.9 Å². The van der Waals surface area contributed by atoms with Crippen molar-refractivity contribution >= 4 is 36.8 Å². The van der Waals surface area contributed by atoms with Gasteiger partial charge in [-0.3, -0.25) is 4.79 Å². The molecule has 3 N–H and O–H groups in total. The standard InChI is InChI=1S/C25H32N2O7Si/c1-5-33-23(30)26-20-19(27(24(31)32)22(29)21(20)28)16-34-35(25(2,3)4,17-12-8-6-9-13-17)18-14-10-7-11-15-18/h6-15,19-21,28H,5,16H2,1-4H3,(H,26,30)(H,31,32). The maximum absolute atomic E-state index is 12.6. The van der Waals surface area contributed by atoms with Crippen LogP contribution in [0.25, 0.3) is 0 Å². The molecule has 0 spiro atoms. The smallest absolute Gasteiger partial charge is 0.414 e. The maximum atomic E-state index is 12.6. The van der Waals surface area contributed by atoms with Crippen molar-refractivity contribution in [3.63, 3.8) is 0 Å². The number of aliphatic hydroxyl groups excluding tert-OH is 1. The number of hydrogen-bond acceptors (Lipinski definition) is 6. The monoisotopic (exact) mass is 500 g/mol. The first-order valence-corrected chi connectivity index (χ1v) is 13.4. The number of ether oxygens (including phenoxy) is 1. The number of hydrogen-bond donors (Lipinski definition) is 3. The molecular weight excluding hydrogens is 468 g/mol. The van der Waals surface area contributed by atoms with Crippen LogP contribution in [0, 0.1) is 0 Å². The summed E-state index contributed by atoms with van der Waals surface area (Å²) in [5.41, 5.74) is 0. The molecule has 0 aromatic heterocycles. The number of likely N-dealkylation sites (tertiary alicyclic amines) is 1. The van der Waals surface area contributed by atoms with Gasteiger partial charge in [0.1, 0.15) is 0 Å². The number of alkyl carbamates (subject to hydrolysis) is 1. The first-order chi connectivity index (χ1) is 16.5. The predicted molar refractivity (Wildman–Crippen MR) is 132 cm³/mol. The number of carbonyl (C=O) groups is 3. The molecule has 2 aromatic carbocycles. The number of carbonyl (C=O) groups excluding carboxylic acids is 2. The third-order valence-corrected chi connectivity index (χ3v) is 11.2. The summed E-state index contributed by atoms with van der Waals surface area (Å²) in [7, 11) is -3.07. The Labute approximate surface area is 205 Å². The van der Waals surface area contributed by atoms with E-state index in [1.165, 1.54) is 0 Å². The molecule has 1 heterocycles. The Hall–Kier alpha value is -3.21. The number of benzene rings is 2. The molecule has 188 valence electrons. The summed E-state index contributed by atoms with van der Waals surface area (Å²) in [4.78, 5) is 37.3. The van der Waals surface area contributed by atoms with E-state index in [9.17, 15) is 24.6 Å². The van der Waals surface area contributed by atoms with E-state index >= 15 is 0 Å². The van der Waals surface area contributed by atoms with Crippen LogP contribution in [0.5, 0.6) is 0 Å². The van der Waals surface area contributed by atoms with Gasteiger partial charge in [-0.25, -0.2) is 14.5 Å². The number of carboxylic acid groups (broad SMARTS) is 1. The molecule has 35 heavy (non-hydrogen) atoms. The van der Waals surface area contributed by atoms with Crippen molar-refractivity contribution in [2.24, 2.45) is 0 Å². The molecule has 3 rings (SSSR count). The molecule has 3 amide bonds. The first-order valence-electron chi connectivity index (χ1n) is 11.5. The number of rotatable bonds is 7. The zero-order valence-corrected chi connectivity index (χ0v) is 21.3. The van der Waals surface area contributed by atoms with Crippen LogP contribution in [-0.2, 0) is 14.0 Å². The van der Waals surface area contributed by atoms with Crippen LogP contribution in [0.4, 0.5) is 9.59 Å². The number of aliphatic hydroxyl groups is 1. The van der Waals surface area contributed by atoms with Crippen LogP contribution in [-0.4, -0.2) is 72.9 Å². The molecule has 9 nitrogen and oxygen atoms in total. The Morgan fingerprint density at radius 3 is 1.97 bits per heavy atom. The lowest BCUT2D eigenvalue weighted by atomic mass is 10.1. The van der Waals surface area contributed by atoms with Crippen molar-refractivity contribution in [2.75, 3.05) is 13.2 Å². The van der Waals surface area contributed by atoms with Crippen molar-refractivity contribution < 1.29 is 33.8 Å². The lowest BCUT2D eigenvalue weighted by molar-refractivity contribution is -0.133. The summed E-state index contributed by atoms with van der Waals surface area (Å²) in [6, 6.07) is 17.1. The number of nitrogens with one attached hydrogen (secondary N) is 1. The van der Waals surface area contributed by atoms with Gasteiger partial charge in [-0.2, -0.15) is 0 Å². The van der Waals surface area contributed by atoms with E-state index in [0.29, 0.717) is 4.90 Å². The molecule has 3 atom stereocenters.